The Bertz CT molecular complexity index is 428. The van der Waals surface area contributed by atoms with Crippen molar-refractivity contribution in [2.75, 3.05) is 0 Å². The minimum Gasteiger partial charge on any atom is -0.206 e. The van der Waals surface area contributed by atoms with Crippen LogP contribution in [-0.2, 0) is 0 Å². The van der Waals surface area contributed by atoms with Gasteiger partial charge in [-0.1, -0.05) is 28.1 Å². The average molecular weight is 335 g/mol. The van der Waals surface area contributed by atoms with E-state index in [1.165, 1.54) is 13.8 Å². The molecule has 0 amide bonds. The SMILES string of the molecule is Cc1cc(C(Br)C(F)(F)C(F)(F)F)cc(C)c1F. The van der Waals surface area contributed by atoms with Crippen LogP contribution >= 0.6 is 15.9 Å². The quantitative estimate of drug-likeness (QED) is 0.523. The number of halogens is 7. The van der Waals surface area contributed by atoms with E-state index in [-0.39, 0.29) is 16.7 Å². The zero-order valence-corrected chi connectivity index (χ0v) is 11.0. The molecule has 0 N–H and O–H groups in total. The highest BCUT2D eigenvalue weighted by Crippen LogP contribution is 2.49. The first-order chi connectivity index (χ1) is 7.98. The molecule has 1 atom stereocenters. The van der Waals surface area contributed by atoms with E-state index >= 15 is 0 Å². The Kier molecular flexibility index (Phi) is 4.05. The van der Waals surface area contributed by atoms with Crippen LogP contribution in [0.2, 0.25) is 0 Å². The maximum Gasteiger partial charge on any atom is 0.454 e. The molecular formula is C11H9BrF6. The molecule has 7 heteroatoms. The second kappa shape index (κ2) is 4.75. The van der Waals surface area contributed by atoms with Gasteiger partial charge in [-0.05, 0) is 30.5 Å². The van der Waals surface area contributed by atoms with Crippen molar-refractivity contribution in [2.45, 2.75) is 30.8 Å². The smallest absolute Gasteiger partial charge is 0.206 e. The highest BCUT2D eigenvalue weighted by atomic mass is 79.9. The van der Waals surface area contributed by atoms with Crippen molar-refractivity contribution in [3.63, 3.8) is 0 Å². The maximum absolute atomic E-state index is 13.3. The monoisotopic (exact) mass is 334 g/mol. The van der Waals surface area contributed by atoms with Crippen LogP contribution in [-0.4, -0.2) is 12.1 Å². The lowest BCUT2D eigenvalue weighted by atomic mass is 10.0. The van der Waals surface area contributed by atoms with Crippen LogP contribution in [0.5, 0.6) is 0 Å². The van der Waals surface area contributed by atoms with Crippen molar-refractivity contribution in [1.82, 2.24) is 0 Å². The van der Waals surface area contributed by atoms with E-state index in [0.29, 0.717) is 0 Å². The minimum atomic E-state index is -5.67. The first-order valence-corrected chi connectivity index (χ1v) is 5.75. The van der Waals surface area contributed by atoms with Crippen LogP contribution in [0.15, 0.2) is 12.1 Å². The molecule has 18 heavy (non-hydrogen) atoms. The zero-order valence-electron chi connectivity index (χ0n) is 9.38. The third-order valence-electron chi connectivity index (χ3n) is 2.45. The van der Waals surface area contributed by atoms with E-state index in [1.54, 1.807) is 0 Å². The Labute approximate surface area is 108 Å². The van der Waals surface area contributed by atoms with Gasteiger partial charge in [0.2, 0.25) is 0 Å². The van der Waals surface area contributed by atoms with Crippen molar-refractivity contribution in [2.24, 2.45) is 0 Å². The van der Waals surface area contributed by atoms with Gasteiger partial charge in [-0.2, -0.15) is 22.0 Å². The summed E-state index contributed by atoms with van der Waals surface area (Å²) in [6.45, 7) is 2.61. The number of rotatable bonds is 2. The lowest BCUT2D eigenvalue weighted by molar-refractivity contribution is -0.281. The van der Waals surface area contributed by atoms with Crippen LogP contribution in [0, 0.1) is 19.7 Å². The van der Waals surface area contributed by atoms with Crippen LogP contribution in [0.3, 0.4) is 0 Å². The minimum absolute atomic E-state index is 0.0208. The van der Waals surface area contributed by atoms with Crippen molar-refractivity contribution >= 4 is 15.9 Å². The van der Waals surface area contributed by atoms with E-state index in [4.69, 9.17) is 0 Å². The van der Waals surface area contributed by atoms with Crippen LogP contribution in [0.25, 0.3) is 0 Å². The Morgan fingerprint density at radius 3 is 1.72 bits per heavy atom. The van der Waals surface area contributed by atoms with E-state index in [1.807, 2.05) is 0 Å². The maximum atomic E-state index is 13.3. The van der Waals surface area contributed by atoms with Crippen LogP contribution in [0.4, 0.5) is 26.3 Å². The van der Waals surface area contributed by atoms with E-state index in [2.05, 4.69) is 15.9 Å². The number of hydrogen-bond donors (Lipinski definition) is 0. The lowest BCUT2D eigenvalue weighted by Gasteiger charge is -2.25. The highest BCUT2D eigenvalue weighted by Gasteiger charge is 2.62. The average Bonchev–Trinajstić information content (AvgIpc) is 2.22. The van der Waals surface area contributed by atoms with Gasteiger partial charge in [-0.15, -0.1) is 0 Å². The van der Waals surface area contributed by atoms with Gasteiger partial charge in [0.15, 0.2) is 0 Å². The molecule has 0 heterocycles. The molecule has 102 valence electrons. The molecule has 0 bridgehead atoms. The molecule has 0 saturated heterocycles. The van der Waals surface area contributed by atoms with Gasteiger partial charge in [-0.3, -0.25) is 0 Å². The van der Waals surface area contributed by atoms with E-state index in [0.717, 1.165) is 12.1 Å². The normalized spacial score (nSPS) is 14.7. The fraction of sp³-hybridized carbons (Fsp3) is 0.455. The predicted octanol–water partition coefficient (Wildman–Crippen LogP) is 5.08. The van der Waals surface area contributed by atoms with E-state index in [9.17, 15) is 26.3 Å². The first kappa shape index (κ1) is 15.3. The van der Waals surface area contributed by atoms with Gasteiger partial charge in [0.1, 0.15) is 10.6 Å². The molecule has 1 rings (SSSR count). The van der Waals surface area contributed by atoms with Crippen molar-refractivity contribution in [1.29, 1.82) is 0 Å². The predicted molar refractivity (Wildman–Crippen MR) is 58.5 cm³/mol. The number of benzene rings is 1. The Morgan fingerprint density at radius 1 is 1.00 bits per heavy atom. The van der Waals surface area contributed by atoms with Gasteiger partial charge in [0, 0.05) is 0 Å². The Morgan fingerprint density at radius 2 is 1.39 bits per heavy atom. The van der Waals surface area contributed by atoms with Gasteiger partial charge < -0.3 is 0 Å². The molecule has 0 radical (unpaired) electrons. The summed E-state index contributed by atoms with van der Waals surface area (Å²) >= 11 is 2.34. The first-order valence-electron chi connectivity index (χ1n) is 4.83. The van der Waals surface area contributed by atoms with Crippen LogP contribution < -0.4 is 0 Å². The summed E-state index contributed by atoms with van der Waals surface area (Å²) in [5.74, 6) is -5.54. The fourth-order valence-corrected chi connectivity index (χ4v) is 2.00. The van der Waals surface area contributed by atoms with Crippen LogP contribution in [0.1, 0.15) is 21.5 Å². The molecule has 0 fully saturated rings. The largest absolute Gasteiger partial charge is 0.454 e. The second-order valence-corrected chi connectivity index (χ2v) is 4.87. The fourth-order valence-electron chi connectivity index (χ4n) is 1.48. The van der Waals surface area contributed by atoms with Gasteiger partial charge in [0.05, 0.1) is 0 Å². The summed E-state index contributed by atoms with van der Waals surface area (Å²) in [5, 5.41) is 0. The second-order valence-electron chi connectivity index (χ2n) is 3.95. The van der Waals surface area contributed by atoms with Crippen molar-refractivity contribution < 1.29 is 26.3 Å². The lowest BCUT2D eigenvalue weighted by Crippen LogP contribution is -2.40. The molecule has 1 unspecified atom stereocenters. The van der Waals surface area contributed by atoms with E-state index < -0.39 is 22.7 Å². The summed E-state index contributed by atoms with van der Waals surface area (Å²) < 4.78 is 76.1. The number of alkyl halides is 6. The molecule has 0 spiro atoms. The summed E-state index contributed by atoms with van der Waals surface area (Å²) in [7, 11) is 0. The van der Waals surface area contributed by atoms with Crippen molar-refractivity contribution in [3.8, 4) is 0 Å². The summed E-state index contributed by atoms with van der Waals surface area (Å²) in [6, 6.07) is 1.95. The number of hydrogen-bond acceptors (Lipinski definition) is 0. The van der Waals surface area contributed by atoms with Gasteiger partial charge >= 0.3 is 12.1 Å². The third kappa shape index (κ3) is 2.65. The standard InChI is InChI=1S/C11H9BrF6/c1-5-3-7(4-6(2)8(5)13)9(12)10(14,15)11(16,17)18/h3-4,9H,1-2H3. The molecule has 0 aliphatic carbocycles. The zero-order chi connectivity index (χ0) is 14.3. The molecule has 0 aliphatic heterocycles. The molecule has 0 aromatic heterocycles. The van der Waals surface area contributed by atoms with Gasteiger partial charge in [-0.25, -0.2) is 4.39 Å². The Balaban J connectivity index is 3.24. The highest BCUT2D eigenvalue weighted by molar-refractivity contribution is 9.09. The topological polar surface area (TPSA) is 0 Å². The molecule has 1 aromatic carbocycles. The third-order valence-corrected chi connectivity index (χ3v) is 3.55. The molecular weight excluding hydrogens is 326 g/mol. The van der Waals surface area contributed by atoms with Gasteiger partial charge in [0.25, 0.3) is 0 Å². The number of aryl methyl sites for hydroxylation is 2. The molecule has 1 aromatic rings. The molecule has 0 aliphatic rings. The van der Waals surface area contributed by atoms with Crippen molar-refractivity contribution in [3.05, 3.63) is 34.6 Å². The molecule has 0 nitrogen and oxygen atoms in total. The Hall–Kier alpha value is -0.720. The summed E-state index contributed by atoms with van der Waals surface area (Å²) in [4.78, 5) is -2.25. The summed E-state index contributed by atoms with van der Waals surface area (Å²) in [5.41, 5.74) is -0.270. The molecule has 0 saturated carbocycles. The summed E-state index contributed by atoms with van der Waals surface area (Å²) in [6.07, 6.45) is -5.67.